The van der Waals surface area contributed by atoms with Gasteiger partial charge in [0.15, 0.2) is 10.0 Å². The number of sulfonamides is 1. The molecule has 2 aromatic rings. The lowest BCUT2D eigenvalue weighted by Gasteiger charge is -2.09. The molecule has 108 valence electrons. The van der Waals surface area contributed by atoms with Gasteiger partial charge in [-0.2, -0.15) is 5.10 Å². The zero-order chi connectivity index (χ0) is 14.9. The van der Waals surface area contributed by atoms with Crippen LogP contribution in [0.5, 0.6) is 0 Å². The highest BCUT2D eigenvalue weighted by molar-refractivity contribution is 9.10. The second kappa shape index (κ2) is 5.42. The number of amidine groups is 1. The van der Waals surface area contributed by atoms with E-state index in [1.807, 2.05) is 0 Å². The summed E-state index contributed by atoms with van der Waals surface area (Å²) in [5.41, 5.74) is 5.67. The van der Waals surface area contributed by atoms with Gasteiger partial charge in [0.2, 0.25) is 0 Å². The third-order valence-electron chi connectivity index (χ3n) is 2.38. The number of hydrogen-bond donors (Lipinski definition) is 3. The summed E-state index contributed by atoms with van der Waals surface area (Å²) in [5.74, 6) is -0.123. The van der Waals surface area contributed by atoms with Gasteiger partial charge in [-0.3, -0.25) is 9.40 Å². The van der Waals surface area contributed by atoms with E-state index in [9.17, 15) is 8.42 Å². The minimum Gasteiger partial charge on any atom is -0.409 e. The van der Waals surface area contributed by atoms with E-state index in [1.165, 1.54) is 17.9 Å². The molecule has 0 bridgehead atoms. The molecule has 2 heterocycles. The first-order chi connectivity index (χ1) is 9.36. The average Bonchev–Trinajstić information content (AvgIpc) is 2.96. The van der Waals surface area contributed by atoms with Crippen LogP contribution in [0.1, 0.15) is 5.56 Å². The van der Waals surface area contributed by atoms with Crippen molar-refractivity contribution < 1.29 is 13.6 Å². The Balaban J connectivity index is 2.46. The Morgan fingerprint density at radius 2 is 2.35 bits per heavy atom. The van der Waals surface area contributed by atoms with Gasteiger partial charge in [-0.1, -0.05) is 5.16 Å². The van der Waals surface area contributed by atoms with Gasteiger partial charge in [0.25, 0.3) is 10.0 Å². The van der Waals surface area contributed by atoms with Crippen molar-refractivity contribution in [2.75, 3.05) is 4.72 Å². The maximum Gasteiger partial charge on any atom is 0.273 e. The van der Waals surface area contributed by atoms with Gasteiger partial charge < -0.3 is 10.9 Å². The fourth-order valence-corrected chi connectivity index (χ4v) is 4.89. The van der Waals surface area contributed by atoms with Gasteiger partial charge in [0, 0.05) is 11.5 Å². The molecule has 8 nitrogen and oxygen atoms in total. The average molecular weight is 380 g/mol. The molecule has 0 saturated heterocycles. The van der Waals surface area contributed by atoms with Crippen molar-refractivity contribution in [3.8, 4) is 0 Å². The van der Waals surface area contributed by atoms with Crippen molar-refractivity contribution in [1.29, 1.82) is 0 Å². The molecule has 0 spiro atoms. The van der Waals surface area contributed by atoms with Gasteiger partial charge in [-0.05, 0) is 27.4 Å². The van der Waals surface area contributed by atoms with E-state index < -0.39 is 10.0 Å². The third kappa shape index (κ3) is 2.64. The van der Waals surface area contributed by atoms with Crippen molar-refractivity contribution >= 4 is 48.9 Å². The van der Waals surface area contributed by atoms with Crippen LogP contribution in [-0.2, 0) is 17.1 Å². The van der Waals surface area contributed by atoms with Crippen LogP contribution >= 0.6 is 27.3 Å². The number of thiophene rings is 1. The fraction of sp³-hybridized carbons (Fsp3) is 0.111. The molecule has 0 radical (unpaired) electrons. The van der Waals surface area contributed by atoms with Gasteiger partial charge in [0.05, 0.1) is 11.8 Å². The minimum absolute atomic E-state index is 0.112. The summed E-state index contributed by atoms with van der Waals surface area (Å²) >= 11 is 4.23. The molecule has 11 heteroatoms. The number of nitrogens with zero attached hydrogens (tertiary/aromatic N) is 3. The normalized spacial score (nSPS) is 12.6. The molecule has 0 saturated carbocycles. The topological polar surface area (TPSA) is 123 Å². The molecule has 0 amide bonds. The Bertz CT molecular complexity index is 764. The van der Waals surface area contributed by atoms with E-state index in [2.05, 4.69) is 30.9 Å². The van der Waals surface area contributed by atoms with Gasteiger partial charge in [-0.25, -0.2) is 8.42 Å². The molecule has 20 heavy (non-hydrogen) atoms. The Hall–Kier alpha value is -1.59. The number of hydrogen-bond acceptors (Lipinski definition) is 6. The maximum atomic E-state index is 12.3. The summed E-state index contributed by atoms with van der Waals surface area (Å²) in [5, 5.41) is 17.1. The highest BCUT2D eigenvalue weighted by Gasteiger charge is 2.23. The second-order valence-electron chi connectivity index (χ2n) is 3.68. The smallest absolute Gasteiger partial charge is 0.273 e. The molecule has 0 unspecified atom stereocenters. The zero-order valence-corrected chi connectivity index (χ0v) is 13.3. The summed E-state index contributed by atoms with van der Waals surface area (Å²) in [6.07, 6.45) is 1.30. The van der Waals surface area contributed by atoms with Crippen LogP contribution in [0.4, 0.5) is 5.82 Å². The van der Waals surface area contributed by atoms with Gasteiger partial charge >= 0.3 is 0 Å². The summed E-state index contributed by atoms with van der Waals surface area (Å²) in [6, 6.07) is 1.63. The van der Waals surface area contributed by atoms with Crippen LogP contribution in [0.3, 0.4) is 0 Å². The first-order valence-electron chi connectivity index (χ1n) is 5.12. The predicted octanol–water partition coefficient (Wildman–Crippen LogP) is 1.14. The zero-order valence-electron chi connectivity index (χ0n) is 10.1. The Morgan fingerprint density at radius 1 is 1.65 bits per heavy atom. The van der Waals surface area contributed by atoms with Crippen molar-refractivity contribution in [3.63, 3.8) is 0 Å². The summed E-state index contributed by atoms with van der Waals surface area (Å²) < 4.78 is 28.8. The van der Waals surface area contributed by atoms with Crippen LogP contribution in [-0.4, -0.2) is 29.2 Å². The molecule has 0 aromatic carbocycles. The number of halogens is 1. The number of anilines is 1. The maximum absolute atomic E-state index is 12.3. The second-order valence-corrected chi connectivity index (χ2v) is 7.33. The number of oxime groups is 1. The molecule has 0 atom stereocenters. The quantitative estimate of drug-likeness (QED) is 0.318. The van der Waals surface area contributed by atoms with Crippen LogP contribution < -0.4 is 10.5 Å². The lowest BCUT2D eigenvalue weighted by Crippen LogP contribution is -2.20. The summed E-state index contributed by atoms with van der Waals surface area (Å²) in [7, 11) is -2.25. The molecule has 4 N–H and O–H groups in total. The molecular weight excluding hydrogens is 370 g/mol. The Labute approximate surface area is 127 Å². The number of nitrogens with one attached hydrogen (secondary N) is 1. The summed E-state index contributed by atoms with van der Waals surface area (Å²) in [4.78, 5) is 0. The van der Waals surface area contributed by atoms with Crippen molar-refractivity contribution in [2.24, 2.45) is 17.9 Å². The molecule has 0 aliphatic carbocycles. The predicted molar refractivity (Wildman–Crippen MR) is 78.5 cm³/mol. The number of nitrogens with two attached hydrogens (primary N) is 1. The number of aryl methyl sites for hydroxylation is 1. The molecule has 0 fully saturated rings. The van der Waals surface area contributed by atoms with Crippen molar-refractivity contribution in [1.82, 2.24) is 9.78 Å². The van der Waals surface area contributed by atoms with E-state index in [0.29, 0.717) is 4.47 Å². The van der Waals surface area contributed by atoms with E-state index in [4.69, 9.17) is 10.9 Å². The molecule has 0 aliphatic heterocycles. The number of aromatic nitrogens is 2. The SMILES string of the molecule is Cn1ncc(C(N)=NO)c1NS(=O)(=O)c1sccc1Br. The van der Waals surface area contributed by atoms with Crippen LogP contribution in [0.25, 0.3) is 0 Å². The fourth-order valence-electron chi connectivity index (χ4n) is 1.45. The first-order valence-corrected chi connectivity index (χ1v) is 8.28. The van der Waals surface area contributed by atoms with Crippen molar-refractivity contribution in [2.45, 2.75) is 4.21 Å². The van der Waals surface area contributed by atoms with E-state index in [-0.39, 0.29) is 21.4 Å². The van der Waals surface area contributed by atoms with E-state index in [1.54, 1.807) is 11.4 Å². The van der Waals surface area contributed by atoms with Crippen LogP contribution in [0, 0.1) is 0 Å². The lowest BCUT2D eigenvalue weighted by atomic mass is 10.3. The highest BCUT2D eigenvalue weighted by Crippen LogP contribution is 2.29. The molecule has 2 rings (SSSR count). The lowest BCUT2D eigenvalue weighted by molar-refractivity contribution is 0.318. The van der Waals surface area contributed by atoms with E-state index in [0.717, 1.165) is 11.3 Å². The van der Waals surface area contributed by atoms with Gasteiger partial charge in [0.1, 0.15) is 5.82 Å². The Morgan fingerprint density at radius 3 is 2.90 bits per heavy atom. The molecule has 2 aromatic heterocycles. The van der Waals surface area contributed by atoms with Gasteiger partial charge in [-0.15, -0.1) is 11.3 Å². The number of rotatable bonds is 4. The largest absolute Gasteiger partial charge is 0.409 e. The van der Waals surface area contributed by atoms with E-state index >= 15 is 0 Å². The minimum atomic E-state index is -3.79. The monoisotopic (exact) mass is 379 g/mol. The summed E-state index contributed by atoms with van der Waals surface area (Å²) in [6.45, 7) is 0. The molecular formula is C9H10BrN5O3S2. The highest BCUT2D eigenvalue weighted by atomic mass is 79.9. The van der Waals surface area contributed by atoms with Crippen LogP contribution in [0.15, 0.2) is 31.5 Å². The van der Waals surface area contributed by atoms with Crippen LogP contribution in [0.2, 0.25) is 0 Å². The van der Waals surface area contributed by atoms with Crippen molar-refractivity contribution in [3.05, 3.63) is 27.7 Å². The third-order valence-corrected chi connectivity index (χ3v) is 6.39. The first kappa shape index (κ1) is 14.8. The molecule has 0 aliphatic rings. The standard InChI is InChI=1S/C9H10BrN5O3S2/c1-15-8(5(4-12-15)7(11)13-16)14-20(17,18)9-6(10)2-3-19-9/h2-4,14,16H,1H3,(H2,11,13). The Kier molecular flexibility index (Phi) is 4.01.